The van der Waals surface area contributed by atoms with E-state index in [1.54, 1.807) is 0 Å². The minimum atomic E-state index is -4.82. The van der Waals surface area contributed by atoms with Crippen molar-refractivity contribution >= 4 is 35.4 Å². The zero-order valence-corrected chi connectivity index (χ0v) is 26.1. The molecule has 0 atom stereocenters. The topological polar surface area (TPSA) is 147 Å². The molecule has 2 aromatic rings. The number of anilines is 1. The second kappa shape index (κ2) is 12.5. The summed E-state index contributed by atoms with van der Waals surface area (Å²) in [4.78, 5) is 60.5. The number of nitrogens with one attached hydrogen (secondary N) is 1. The second-order valence-electron chi connectivity index (χ2n) is 11.5. The van der Waals surface area contributed by atoms with Crippen LogP contribution in [0.15, 0.2) is 24.3 Å². The number of hydrogen-bond donors (Lipinski definition) is 1. The molecular weight excluding hydrogens is 674 g/mol. The first kappa shape index (κ1) is 35.3. The minimum Gasteiger partial charge on any atom is -0.479 e. The second-order valence-corrected chi connectivity index (χ2v) is 11.5. The number of nitrogens with zero attached hydrogens (tertiary/aromatic N) is 1. The smallest absolute Gasteiger partial charge is 0.417 e. The number of esters is 2. The Morgan fingerprint density at radius 2 is 1.29 bits per heavy atom. The number of methoxy groups -OCH3 is 3. The van der Waals surface area contributed by atoms with Crippen LogP contribution < -0.4 is 19.7 Å². The quantitative estimate of drug-likeness (QED) is 0.266. The monoisotopic (exact) mass is 702 g/mol. The van der Waals surface area contributed by atoms with Crippen LogP contribution in [0.2, 0.25) is 0 Å². The van der Waals surface area contributed by atoms with Gasteiger partial charge in [0.1, 0.15) is 11.5 Å². The van der Waals surface area contributed by atoms with Crippen LogP contribution in [-0.4, -0.2) is 75.3 Å². The molecule has 12 nitrogen and oxygen atoms in total. The SMILES string of the molecule is COC(=O)NCCN1C(=O)C2(CC2)Oc2cc(C(F)(F)F)c(C(=O)OC)cc21.COC(=O)c1cc2c(cc1C(F)(F)F)OC1(CC1)C(=O)C2. The summed E-state index contributed by atoms with van der Waals surface area (Å²) in [5.41, 5.74) is -5.52. The number of fused-ring (bicyclic) bond motifs is 2. The van der Waals surface area contributed by atoms with Crippen LogP contribution >= 0.6 is 0 Å². The van der Waals surface area contributed by atoms with Gasteiger partial charge in [-0.1, -0.05) is 0 Å². The zero-order chi connectivity index (χ0) is 36.1. The highest BCUT2D eigenvalue weighted by atomic mass is 19.4. The summed E-state index contributed by atoms with van der Waals surface area (Å²) < 4.78 is 104. The molecule has 2 spiro atoms. The molecule has 6 rings (SSSR count). The largest absolute Gasteiger partial charge is 0.479 e. The summed E-state index contributed by atoms with van der Waals surface area (Å²) in [7, 11) is 3.13. The molecule has 1 N–H and O–H groups in total. The van der Waals surface area contributed by atoms with Gasteiger partial charge in [0.15, 0.2) is 17.0 Å². The number of benzene rings is 2. The Morgan fingerprint density at radius 1 is 0.776 bits per heavy atom. The Bertz CT molecular complexity index is 1730. The predicted octanol–water partition coefficient (Wildman–Crippen LogP) is 4.63. The Morgan fingerprint density at radius 3 is 1.78 bits per heavy atom. The van der Waals surface area contributed by atoms with E-state index in [2.05, 4.69) is 19.5 Å². The molecule has 2 aliphatic heterocycles. The zero-order valence-electron chi connectivity index (χ0n) is 26.1. The molecule has 2 fully saturated rings. The molecule has 2 heterocycles. The van der Waals surface area contributed by atoms with Gasteiger partial charge in [0.05, 0.1) is 49.3 Å². The number of alkyl halides is 6. The highest BCUT2D eigenvalue weighted by Gasteiger charge is 2.58. The lowest BCUT2D eigenvalue weighted by Gasteiger charge is -2.35. The van der Waals surface area contributed by atoms with E-state index in [4.69, 9.17) is 9.47 Å². The lowest BCUT2D eigenvalue weighted by molar-refractivity contribution is -0.139. The molecule has 0 unspecified atom stereocenters. The van der Waals surface area contributed by atoms with Crippen LogP contribution in [0.5, 0.6) is 11.5 Å². The number of ketones is 1. The third kappa shape index (κ3) is 6.80. The Hall–Kier alpha value is -5.03. The Balaban J connectivity index is 0.000000199. The summed E-state index contributed by atoms with van der Waals surface area (Å²) in [5, 5.41) is 2.40. The van der Waals surface area contributed by atoms with Gasteiger partial charge >= 0.3 is 30.4 Å². The van der Waals surface area contributed by atoms with Crippen LogP contribution in [0.4, 0.5) is 36.8 Å². The molecule has 18 heteroatoms. The lowest BCUT2D eigenvalue weighted by atomic mass is 9.94. The fraction of sp³-hybridized carbons (Fsp3) is 0.452. The fourth-order valence-corrected chi connectivity index (χ4v) is 5.44. The predicted molar refractivity (Wildman–Crippen MR) is 152 cm³/mol. The van der Waals surface area contributed by atoms with Gasteiger partial charge in [0, 0.05) is 37.9 Å². The van der Waals surface area contributed by atoms with Crippen LogP contribution in [0.1, 0.15) is 63.1 Å². The summed E-state index contributed by atoms with van der Waals surface area (Å²) in [6.45, 7) is -0.0550. The third-order valence-electron chi connectivity index (χ3n) is 8.32. The van der Waals surface area contributed by atoms with Gasteiger partial charge in [0.2, 0.25) is 0 Å². The Kier molecular flexibility index (Phi) is 8.96. The first-order valence-corrected chi connectivity index (χ1v) is 14.6. The van der Waals surface area contributed by atoms with E-state index in [-0.39, 0.29) is 48.0 Å². The van der Waals surface area contributed by atoms with Crippen molar-refractivity contribution in [1.29, 1.82) is 0 Å². The van der Waals surface area contributed by atoms with E-state index < -0.39 is 69.7 Å². The molecule has 2 saturated carbocycles. The van der Waals surface area contributed by atoms with Crippen molar-refractivity contribution in [1.82, 2.24) is 5.32 Å². The van der Waals surface area contributed by atoms with E-state index in [1.807, 2.05) is 0 Å². The number of hydrogen-bond acceptors (Lipinski definition) is 10. The highest BCUT2D eigenvalue weighted by Crippen LogP contribution is 2.51. The lowest BCUT2D eigenvalue weighted by Crippen LogP contribution is -2.50. The van der Waals surface area contributed by atoms with E-state index in [1.165, 1.54) is 12.0 Å². The van der Waals surface area contributed by atoms with Crippen molar-refractivity contribution in [2.75, 3.05) is 39.3 Å². The maximum absolute atomic E-state index is 13.4. The average Bonchev–Trinajstić information content (AvgIpc) is 3.99. The number of carbonyl (C=O) groups is 5. The van der Waals surface area contributed by atoms with Crippen LogP contribution in [-0.2, 0) is 42.6 Å². The highest BCUT2D eigenvalue weighted by molar-refractivity contribution is 6.06. The van der Waals surface area contributed by atoms with Crippen LogP contribution in [0.3, 0.4) is 0 Å². The van der Waals surface area contributed by atoms with E-state index in [9.17, 15) is 50.3 Å². The number of rotatable bonds is 5. The van der Waals surface area contributed by atoms with E-state index in [0.717, 1.165) is 32.4 Å². The van der Waals surface area contributed by atoms with Gasteiger partial charge in [-0.05, 0) is 37.1 Å². The molecule has 2 amide bonds. The maximum Gasteiger partial charge on any atom is 0.417 e. The molecule has 2 aromatic carbocycles. The normalized spacial score (nSPS) is 17.8. The third-order valence-corrected chi connectivity index (χ3v) is 8.32. The van der Waals surface area contributed by atoms with Crippen molar-refractivity contribution in [2.45, 2.75) is 55.7 Å². The van der Waals surface area contributed by atoms with Crippen LogP contribution in [0, 0.1) is 0 Å². The molecule has 0 radical (unpaired) electrons. The van der Waals surface area contributed by atoms with Crippen molar-refractivity contribution in [3.63, 3.8) is 0 Å². The Labute approximate surface area is 273 Å². The van der Waals surface area contributed by atoms with Crippen molar-refractivity contribution in [2.24, 2.45) is 0 Å². The summed E-state index contributed by atoms with van der Waals surface area (Å²) >= 11 is 0. The first-order valence-electron chi connectivity index (χ1n) is 14.6. The molecule has 264 valence electrons. The number of ether oxygens (including phenoxy) is 5. The maximum atomic E-state index is 13.4. The number of Topliss-reactive ketones (excluding diaryl/α,β-unsaturated/α-hetero) is 1. The summed E-state index contributed by atoms with van der Waals surface area (Å²) in [6, 6.07) is 3.45. The average molecular weight is 703 g/mol. The molecule has 2 aliphatic carbocycles. The van der Waals surface area contributed by atoms with Crippen molar-refractivity contribution in [3.05, 3.63) is 52.1 Å². The van der Waals surface area contributed by atoms with Gasteiger partial charge in [-0.15, -0.1) is 0 Å². The summed E-state index contributed by atoms with van der Waals surface area (Å²) in [5.74, 6) is -3.03. The molecule has 0 saturated heterocycles. The van der Waals surface area contributed by atoms with Gasteiger partial charge in [0.25, 0.3) is 5.91 Å². The van der Waals surface area contributed by atoms with Gasteiger partial charge in [-0.2, -0.15) is 26.3 Å². The molecule has 0 aromatic heterocycles. The number of carbonyl (C=O) groups excluding carboxylic acids is 5. The van der Waals surface area contributed by atoms with E-state index in [0.29, 0.717) is 31.7 Å². The van der Waals surface area contributed by atoms with Gasteiger partial charge in [-0.25, -0.2) is 14.4 Å². The van der Waals surface area contributed by atoms with Crippen LogP contribution in [0.25, 0.3) is 0 Å². The number of amides is 2. The molecular formula is C31H28F6N2O10. The summed E-state index contributed by atoms with van der Waals surface area (Å²) in [6.07, 6.45) is -8.51. The van der Waals surface area contributed by atoms with Crippen molar-refractivity contribution < 1.29 is 74.0 Å². The number of alkyl carbamates (subject to hydrolysis) is 1. The van der Waals surface area contributed by atoms with E-state index >= 15 is 0 Å². The van der Waals surface area contributed by atoms with Gasteiger partial charge < -0.3 is 33.9 Å². The molecule has 0 bridgehead atoms. The molecule has 4 aliphatic rings. The number of halogens is 6. The minimum absolute atomic E-state index is 0.00240. The first-order chi connectivity index (χ1) is 22.9. The molecule has 49 heavy (non-hydrogen) atoms. The fourth-order valence-electron chi connectivity index (χ4n) is 5.44. The van der Waals surface area contributed by atoms with Crippen molar-refractivity contribution in [3.8, 4) is 11.5 Å². The standard InChI is InChI=1S/C17H17F3N2O6.C14H11F3O4/c1-26-13(23)9-7-11-12(8-10(9)17(18,19)20)28-16(3-4-16)14(24)22(11)6-5-21-15(25)27-2;1-20-12(19)8-4-7-5-11(18)13(2-3-13)21-10(7)6-9(8)14(15,16)17/h7-8H,3-6H2,1-2H3,(H,21,25);4,6H,2-3,5H2,1H3. The van der Waals surface area contributed by atoms with Gasteiger partial charge in [-0.3, -0.25) is 9.59 Å².